The number of rotatable bonds is 6. The van der Waals surface area contributed by atoms with Gasteiger partial charge in [0.2, 0.25) is 6.29 Å². The third kappa shape index (κ3) is 5.32. The lowest BCUT2D eigenvalue weighted by molar-refractivity contribution is -0.153. The number of ether oxygens (including phenoxy) is 2. The quantitative estimate of drug-likeness (QED) is 0.767. The summed E-state index contributed by atoms with van der Waals surface area (Å²) in [4.78, 5) is 16.2. The lowest BCUT2D eigenvalue weighted by Gasteiger charge is -2.32. The van der Waals surface area contributed by atoms with E-state index >= 15 is 0 Å². The topological polar surface area (TPSA) is 59.0 Å². The van der Waals surface area contributed by atoms with E-state index in [1.54, 1.807) is 11.3 Å². The minimum Gasteiger partial charge on any atom is -0.459 e. The molecule has 3 heterocycles. The van der Waals surface area contributed by atoms with Crippen molar-refractivity contribution in [2.45, 2.75) is 57.2 Å². The van der Waals surface area contributed by atoms with E-state index < -0.39 is 6.29 Å². The Morgan fingerprint density at radius 1 is 1.27 bits per heavy atom. The highest BCUT2D eigenvalue weighted by atomic mass is 32.1. The molecule has 2 aliphatic rings. The van der Waals surface area contributed by atoms with E-state index in [0.717, 1.165) is 25.9 Å². The Morgan fingerprint density at radius 2 is 2.04 bits per heavy atom. The third-order valence-electron chi connectivity index (χ3n) is 4.93. The summed E-state index contributed by atoms with van der Waals surface area (Å²) < 4.78 is 11.7. The molecule has 6 heteroatoms. The van der Waals surface area contributed by atoms with Crippen LogP contribution in [0.5, 0.6) is 0 Å². The monoisotopic (exact) mass is 379 g/mol. The fraction of sp³-hybridized carbons (Fsp3) is 0.650. The average Bonchev–Trinajstić information content (AvgIpc) is 3.16. The van der Waals surface area contributed by atoms with Gasteiger partial charge in [0, 0.05) is 36.9 Å². The van der Waals surface area contributed by atoms with Gasteiger partial charge >= 0.3 is 0 Å². The molecule has 1 N–H and O–H groups in total. The number of allylic oxidation sites excluding steroid dienone is 1. The molecule has 0 aromatic carbocycles. The number of amides is 1. The number of likely N-dealkylation sites (tertiary alicyclic amines) is 1. The van der Waals surface area contributed by atoms with E-state index in [-0.39, 0.29) is 18.4 Å². The Balaban J connectivity index is 1.72. The van der Waals surface area contributed by atoms with Crippen LogP contribution in [0.1, 0.15) is 55.7 Å². The molecule has 2 atom stereocenters. The van der Waals surface area contributed by atoms with Crippen LogP contribution in [0.2, 0.25) is 0 Å². The second-order valence-electron chi connectivity index (χ2n) is 6.94. The van der Waals surface area contributed by atoms with Crippen molar-refractivity contribution in [3.05, 3.63) is 34.2 Å². The van der Waals surface area contributed by atoms with Crippen molar-refractivity contribution in [2.75, 3.05) is 26.3 Å². The van der Waals surface area contributed by atoms with Gasteiger partial charge in [-0.15, -0.1) is 11.3 Å². The van der Waals surface area contributed by atoms with Gasteiger partial charge in [0.15, 0.2) is 5.76 Å². The summed E-state index contributed by atoms with van der Waals surface area (Å²) in [7, 11) is 0. The van der Waals surface area contributed by atoms with Crippen LogP contribution in [0, 0.1) is 0 Å². The molecule has 1 aromatic rings. The molecular formula is C20H29NO4S. The largest absolute Gasteiger partial charge is 0.459 e. The van der Waals surface area contributed by atoms with Crippen LogP contribution < -0.4 is 0 Å². The molecule has 5 nitrogen and oxygen atoms in total. The molecule has 26 heavy (non-hydrogen) atoms. The van der Waals surface area contributed by atoms with Gasteiger partial charge in [0.1, 0.15) is 0 Å². The molecule has 0 saturated carbocycles. The number of hydrogen-bond acceptors (Lipinski definition) is 5. The molecule has 144 valence electrons. The summed E-state index contributed by atoms with van der Waals surface area (Å²) in [5.41, 5.74) is 0. The van der Waals surface area contributed by atoms with Crippen LogP contribution in [-0.2, 0) is 14.3 Å². The Hall–Kier alpha value is -1.37. The minimum absolute atomic E-state index is 0.0103. The van der Waals surface area contributed by atoms with Gasteiger partial charge in [-0.3, -0.25) is 4.79 Å². The van der Waals surface area contributed by atoms with Crippen LogP contribution in [0.25, 0.3) is 0 Å². The summed E-state index contributed by atoms with van der Waals surface area (Å²) in [6.45, 7) is 2.14. The molecule has 0 radical (unpaired) electrons. The molecule has 1 fully saturated rings. The number of aliphatic hydroxyl groups is 1. The summed E-state index contributed by atoms with van der Waals surface area (Å²) >= 11 is 1.69. The van der Waals surface area contributed by atoms with Gasteiger partial charge in [-0.1, -0.05) is 25.3 Å². The van der Waals surface area contributed by atoms with Crippen molar-refractivity contribution >= 4 is 17.2 Å². The number of hydrogen-bond donors (Lipinski definition) is 1. The highest BCUT2D eigenvalue weighted by molar-refractivity contribution is 7.10. The summed E-state index contributed by atoms with van der Waals surface area (Å²) in [6, 6.07) is 4.13. The molecule has 0 aliphatic carbocycles. The summed E-state index contributed by atoms with van der Waals surface area (Å²) in [6.07, 6.45) is 8.57. The van der Waals surface area contributed by atoms with Crippen LogP contribution in [-0.4, -0.2) is 48.5 Å². The van der Waals surface area contributed by atoms with Gasteiger partial charge in [-0.25, -0.2) is 0 Å². The van der Waals surface area contributed by atoms with E-state index in [0.29, 0.717) is 25.2 Å². The fourth-order valence-corrected chi connectivity index (χ4v) is 4.31. The lowest BCUT2D eigenvalue weighted by Crippen LogP contribution is -2.38. The molecule has 0 unspecified atom stereocenters. The molecule has 3 rings (SSSR count). The van der Waals surface area contributed by atoms with Crippen molar-refractivity contribution in [1.29, 1.82) is 0 Å². The predicted molar refractivity (Wildman–Crippen MR) is 102 cm³/mol. The zero-order valence-electron chi connectivity index (χ0n) is 15.3. The first-order chi connectivity index (χ1) is 12.8. The van der Waals surface area contributed by atoms with E-state index in [1.165, 1.54) is 24.1 Å². The van der Waals surface area contributed by atoms with Crippen LogP contribution in [0.4, 0.5) is 0 Å². The van der Waals surface area contributed by atoms with E-state index in [1.807, 2.05) is 17.0 Å². The number of carbonyl (C=O) groups is 1. The van der Waals surface area contributed by atoms with Crippen molar-refractivity contribution in [1.82, 2.24) is 4.90 Å². The highest BCUT2D eigenvalue weighted by Gasteiger charge is 2.31. The number of carbonyl (C=O) groups excluding carboxylic acids is 1. The first kappa shape index (κ1) is 19.4. The number of aliphatic hydroxyl groups excluding tert-OH is 1. The van der Waals surface area contributed by atoms with Crippen molar-refractivity contribution in [2.24, 2.45) is 0 Å². The molecular weight excluding hydrogens is 350 g/mol. The van der Waals surface area contributed by atoms with E-state index in [9.17, 15) is 4.79 Å². The third-order valence-corrected chi connectivity index (χ3v) is 5.93. The van der Waals surface area contributed by atoms with Gasteiger partial charge in [0.25, 0.3) is 5.91 Å². The van der Waals surface area contributed by atoms with E-state index in [4.69, 9.17) is 14.6 Å². The molecule has 1 aromatic heterocycles. The zero-order chi connectivity index (χ0) is 18.2. The maximum Gasteiger partial charge on any atom is 0.288 e. The average molecular weight is 380 g/mol. The van der Waals surface area contributed by atoms with Crippen molar-refractivity contribution in [3.63, 3.8) is 0 Å². The number of thiophene rings is 1. The second-order valence-corrected chi connectivity index (χ2v) is 7.92. The van der Waals surface area contributed by atoms with Crippen LogP contribution in [0.3, 0.4) is 0 Å². The zero-order valence-corrected chi connectivity index (χ0v) is 16.1. The van der Waals surface area contributed by atoms with Crippen molar-refractivity contribution < 1.29 is 19.4 Å². The SMILES string of the molecule is O=C(C1=C[C@@H](c2cccs2)C[C@@H](OCCCO)O1)N1CCCCCCC1. The summed E-state index contributed by atoms with van der Waals surface area (Å²) in [5, 5.41) is 11.0. The maximum atomic E-state index is 13.0. The van der Waals surface area contributed by atoms with Crippen LogP contribution >= 0.6 is 11.3 Å². The molecule has 1 amide bonds. The first-order valence-corrected chi connectivity index (χ1v) is 10.6. The first-order valence-electron chi connectivity index (χ1n) is 9.71. The van der Waals surface area contributed by atoms with Crippen LogP contribution in [0.15, 0.2) is 29.3 Å². The Morgan fingerprint density at radius 3 is 2.73 bits per heavy atom. The molecule has 0 bridgehead atoms. The summed E-state index contributed by atoms with van der Waals surface area (Å²) in [5.74, 6) is 0.546. The number of nitrogens with zero attached hydrogens (tertiary/aromatic N) is 1. The van der Waals surface area contributed by atoms with Gasteiger partial charge < -0.3 is 19.5 Å². The van der Waals surface area contributed by atoms with Gasteiger partial charge in [-0.05, 0) is 36.8 Å². The second kappa shape index (κ2) is 10.1. The fourth-order valence-electron chi connectivity index (χ4n) is 3.50. The Labute approximate surface area is 159 Å². The Kier molecular flexibility index (Phi) is 7.53. The van der Waals surface area contributed by atoms with Gasteiger partial charge in [0.05, 0.1) is 6.61 Å². The van der Waals surface area contributed by atoms with E-state index in [2.05, 4.69) is 11.4 Å². The standard InChI is InChI=1S/C20H29NO4S/c22-11-7-12-24-19-15-16(18-8-6-13-26-18)14-17(25-19)20(23)21-9-4-2-1-3-5-10-21/h6,8,13-14,16,19,22H,1-5,7,9-12,15H2/t16-,19+/m1/s1. The normalized spacial score (nSPS) is 24.3. The minimum atomic E-state index is -0.438. The van der Waals surface area contributed by atoms with Gasteiger partial charge in [-0.2, -0.15) is 0 Å². The molecule has 0 spiro atoms. The molecule has 2 aliphatic heterocycles. The lowest BCUT2D eigenvalue weighted by atomic mass is 9.99. The smallest absolute Gasteiger partial charge is 0.288 e. The Bertz CT molecular complexity index is 579. The maximum absolute atomic E-state index is 13.0. The predicted octanol–water partition coefficient (Wildman–Crippen LogP) is 3.65. The van der Waals surface area contributed by atoms with Crippen molar-refractivity contribution in [3.8, 4) is 0 Å². The molecule has 1 saturated heterocycles. The highest BCUT2D eigenvalue weighted by Crippen LogP contribution is 2.34.